The van der Waals surface area contributed by atoms with Gasteiger partial charge in [0.15, 0.2) is 0 Å². The third-order valence-corrected chi connectivity index (χ3v) is 4.31. The van der Waals surface area contributed by atoms with Crippen molar-refractivity contribution in [3.63, 3.8) is 0 Å². The Bertz CT molecular complexity index is 686. The molecule has 0 spiro atoms. The third kappa shape index (κ3) is 2.51. The van der Waals surface area contributed by atoms with Crippen molar-refractivity contribution >= 4 is 16.7 Å². The van der Waals surface area contributed by atoms with E-state index in [0.29, 0.717) is 29.4 Å². The molecule has 2 atom stereocenters. The average molecular weight is 287 g/mol. The van der Waals surface area contributed by atoms with Crippen LogP contribution in [0.2, 0.25) is 0 Å². The van der Waals surface area contributed by atoms with Crippen LogP contribution in [0.1, 0.15) is 23.7 Å². The van der Waals surface area contributed by atoms with Crippen molar-refractivity contribution in [2.75, 3.05) is 13.1 Å². The standard InChI is InChI=1S/C17H18FNO2/c1-11-8-9-19(10-16(11)20)17(21)14-6-7-15(18)13-5-3-2-4-12(13)14/h2-7,11,16,20H,8-10H2,1H3. The molecular weight excluding hydrogens is 269 g/mol. The Hall–Kier alpha value is -1.94. The SMILES string of the molecule is CC1CCN(C(=O)c2ccc(F)c3ccccc23)CC1O. The van der Waals surface area contributed by atoms with Gasteiger partial charge in [-0.1, -0.05) is 31.2 Å². The van der Waals surface area contributed by atoms with E-state index in [0.717, 1.165) is 6.42 Å². The number of aliphatic hydroxyl groups excluding tert-OH is 1. The first kappa shape index (κ1) is 14.0. The van der Waals surface area contributed by atoms with Crippen LogP contribution in [0.25, 0.3) is 10.8 Å². The van der Waals surface area contributed by atoms with Crippen LogP contribution in [-0.2, 0) is 0 Å². The molecule has 2 unspecified atom stereocenters. The van der Waals surface area contributed by atoms with Gasteiger partial charge in [0.25, 0.3) is 5.91 Å². The topological polar surface area (TPSA) is 40.5 Å². The molecular formula is C17H18FNO2. The molecule has 1 amide bonds. The normalized spacial score (nSPS) is 22.5. The lowest BCUT2D eigenvalue weighted by molar-refractivity contribution is 0.0250. The highest BCUT2D eigenvalue weighted by atomic mass is 19.1. The molecule has 110 valence electrons. The number of rotatable bonds is 1. The maximum absolute atomic E-state index is 13.8. The molecule has 0 radical (unpaired) electrons. The fourth-order valence-corrected chi connectivity index (χ4v) is 2.85. The fourth-order valence-electron chi connectivity index (χ4n) is 2.85. The fraction of sp³-hybridized carbons (Fsp3) is 0.353. The summed E-state index contributed by atoms with van der Waals surface area (Å²) in [6.45, 7) is 2.95. The van der Waals surface area contributed by atoms with Gasteiger partial charge in [-0.05, 0) is 29.9 Å². The Labute approximate surface area is 123 Å². The molecule has 3 rings (SSSR count). The van der Waals surface area contributed by atoms with E-state index in [9.17, 15) is 14.3 Å². The summed E-state index contributed by atoms with van der Waals surface area (Å²) in [5.74, 6) is -0.259. The van der Waals surface area contributed by atoms with Gasteiger partial charge in [0.05, 0.1) is 6.10 Å². The van der Waals surface area contributed by atoms with Crippen LogP contribution in [0.3, 0.4) is 0 Å². The van der Waals surface area contributed by atoms with Crippen molar-refractivity contribution in [3.05, 3.63) is 47.8 Å². The number of hydrogen-bond acceptors (Lipinski definition) is 2. The highest BCUT2D eigenvalue weighted by molar-refractivity contribution is 6.07. The first-order valence-electron chi connectivity index (χ1n) is 7.22. The zero-order valence-electron chi connectivity index (χ0n) is 11.9. The number of amides is 1. The Kier molecular flexibility index (Phi) is 3.64. The predicted octanol–water partition coefficient (Wildman–Crippen LogP) is 2.82. The van der Waals surface area contributed by atoms with Gasteiger partial charge < -0.3 is 10.0 Å². The number of aliphatic hydroxyl groups is 1. The maximum atomic E-state index is 13.8. The van der Waals surface area contributed by atoms with E-state index < -0.39 is 6.10 Å². The summed E-state index contributed by atoms with van der Waals surface area (Å²) < 4.78 is 13.8. The van der Waals surface area contributed by atoms with Crippen LogP contribution in [-0.4, -0.2) is 35.1 Å². The summed E-state index contributed by atoms with van der Waals surface area (Å²) in [7, 11) is 0. The second-order valence-electron chi connectivity index (χ2n) is 5.73. The maximum Gasteiger partial charge on any atom is 0.254 e. The minimum Gasteiger partial charge on any atom is -0.391 e. The largest absolute Gasteiger partial charge is 0.391 e. The number of halogens is 1. The van der Waals surface area contributed by atoms with Crippen molar-refractivity contribution in [3.8, 4) is 0 Å². The average Bonchev–Trinajstić information content (AvgIpc) is 2.50. The monoisotopic (exact) mass is 287 g/mol. The van der Waals surface area contributed by atoms with Gasteiger partial charge in [-0.2, -0.15) is 0 Å². The van der Waals surface area contributed by atoms with Gasteiger partial charge in [0, 0.05) is 24.0 Å². The van der Waals surface area contributed by atoms with E-state index in [1.54, 1.807) is 29.2 Å². The zero-order chi connectivity index (χ0) is 15.0. The molecule has 1 saturated heterocycles. The Morgan fingerprint density at radius 1 is 1.24 bits per heavy atom. The molecule has 1 aliphatic rings. The highest BCUT2D eigenvalue weighted by Gasteiger charge is 2.28. The van der Waals surface area contributed by atoms with Crippen molar-refractivity contribution in [2.24, 2.45) is 5.92 Å². The number of β-amino-alcohol motifs (C(OH)–C–C–N with tert-alkyl or cyclic N) is 1. The van der Waals surface area contributed by atoms with E-state index in [2.05, 4.69) is 0 Å². The van der Waals surface area contributed by atoms with Crippen molar-refractivity contribution in [1.82, 2.24) is 4.90 Å². The number of likely N-dealkylation sites (tertiary alicyclic amines) is 1. The minimum atomic E-state index is -0.491. The second-order valence-corrected chi connectivity index (χ2v) is 5.73. The molecule has 1 N–H and O–H groups in total. The van der Waals surface area contributed by atoms with Crippen molar-refractivity contribution < 1.29 is 14.3 Å². The van der Waals surface area contributed by atoms with Gasteiger partial charge in [-0.15, -0.1) is 0 Å². The van der Waals surface area contributed by atoms with Gasteiger partial charge in [0.1, 0.15) is 5.82 Å². The molecule has 2 aromatic carbocycles. The van der Waals surface area contributed by atoms with Gasteiger partial charge in [0.2, 0.25) is 0 Å². The smallest absolute Gasteiger partial charge is 0.254 e. The van der Waals surface area contributed by atoms with E-state index in [-0.39, 0.29) is 17.6 Å². The van der Waals surface area contributed by atoms with Crippen LogP contribution in [0.15, 0.2) is 36.4 Å². The number of fused-ring (bicyclic) bond motifs is 1. The highest BCUT2D eigenvalue weighted by Crippen LogP contribution is 2.25. The molecule has 1 aliphatic heterocycles. The first-order chi connectivity index (χ1) is 10.1. The van der Waals surface area contributed by atoms with E-state index in [4.69, 9.17) is 0 Å². The molecule has 2 aromatic rings. The minimum absolute atomic E-state index is 0.142. The number of carbonyl (C=O) groups is 1. The summed E-state index contributed by atoms with van der Waals surface area (Å²) >= 11 is 0. The lowest BCUT2D eigenvalue weighted by Gasteiger charge is -2.34. The Balaban J connectivity index is 1.97. The number of hydrogen-bond donors (Lipinski definition) is 1. The number of carbonyl (C=O) groups excluding carboxylic acids is 1. The van der Waals surface area contributed by atoms with Crippen molar-refractivity contribution in [1.29, 1.82) is 0 Å². The second kappa shape index (κ2) is 5.45. The first-order valence-corrected chi connectivity index (χ1v) is 7.22. The molecule has 1 heterocycles. The van der Waals surface area contributed by atoms with Crippen LogP contribution >= 0.6 is 0 Å². The summed E-state index contributed by atoms with van der Waals surface area (Å²) in [4.78, 5) is 14.3. The quantitative estimate of drug-likeness (QED) is 0.876. The number of benzene rings is 2. The molecule has 21 heavy (non-hydrogen) atoms. The lowest BCUT2D eigenvalue weighted by Crippen LogP contribution is -2.45. The van der Waals surface area contributed by atoms with Gasteiger partial charge in [-0.3, -0.25) is 4.79 Å². The van der Waals surface area contributed by atoms with Crippen LogP contribution < -0.4 is 0 Å². The Morgan fingerprint density at radius 3 is 2.67 bits per heavy atom. The summed E-state index contributed by atoms with van der Waals surface area (Å²) in [5, 5.41) is 11.0. The summed E-state index contributed by atoms with van der Waals surface area (Å²) in [6.07, 6.45) is 0.292. The molecule has 0 bridgehead atoms. The lowest BCUT2D eigenvalue weighted by atomic mass is 9.95. The molecule has 4 heteroatoms. The summed E-state index contributed by atoms with van der Waals surface area (Å²) in [5.41, 5.74) is 0.494. The predicted molar refractivity (Wildman–Crippen MR) is 79.6 cm³/mol. The molecule has 0 aromatic heterocycles. The van der Waals surface area contributed by atoms with Gasteiger partial charge in [-0.25, -0.2) is 4.39 Å². The van der Waals surface area contributed by atoms with Crippen molar-refractivity contribution in [2.45, 2.75) is 19.4 Å². The number of nitrogens with zero attached hydrogens (tertiary/aromatic N) is 1. The van der Waals surface area contributed by atoms with E-state index in [1.165, 1.54) is 12.1 Å². The van der Waals surface area contributed by atoms with Crippen LogP contribution in [0, 0.1) is 11.7 Å². The summed E-state index contributed by atoms with van der Waals surface area (Å²) in [6, 6.07) is 9.85. The molecule has 0 aliphatic carbocycles. The molecule has 1 fully saturated rings. The zero-order valence-corrected chi connectivity index (χ0v) is 11.9. The van der Waals surface area contributed by atoms with E-state index >= 15 is 0 Å². The molecule has 3 nitrogen and oxygen atoms in total. The van der Waals surface area contributed by atoms with Crippen LogP contribution in [0.5, 0.6) is 0 Å². The Morgan fingerprint density at radius 2 is 1.95 bits per heavy atom. The van der Waals surface area contributed by atoms with Gasteiger partial charge >= 0.3 is 0 Å². The third-order valence-electron chi connectivity index (χ3n) is 4.31. The van der Waals surface area contributed by atoms with E-state index in [1.807, 2.05) is 6.92 Å². The molecule has 0 saturated carbocycles. The number of piperidine rings is 1. The van der Waals surface area contributed by atoms with Crippen LogP contribution in [0.4, 0.5) is 4.39 Å².